The molecule has 1 fully saturated rings. The molecule has 1 heterocycles. The number of hydrogen-bond donors (Lipinski definition) is 0. The molecule has 0 aliphatic heterocycles. The lowest BCUT2D eigenvalue weighted by molar-refractivity contribution is 0.419. The summed E-state index contributed by atoms with van der Waals surface area (Å²) in [6.45, 7) is 8.92. The standard InChI is InChI=1S/C16H19FN2O/c1-9(2)12-13(16(12,3)4)14-18-15(20-19-14)10-6-5-7-11(17)8-10/h5-9,12-13H,1-4H3/t12?,13-/m0/s1. The van der Waals surface area contributed by atoms with Gasteiger partial charge in [-0.1, -0.05) is 38.9 Å². The van der Waals surface area contributed by atoms with Gasteiger partial charge in [0.05, 0.1) is 0 Å². The van der Waals surface area contributed by atoms with Gasteiger partial charge in [-0.05, 0) is 35.4 Å². The summed E-state index contributed by atoms with van der Waals surface area (Å²) in [5, 5.41) is 4.10. The van der Waals surface area contributed by atoms with Gasteiger partial charge in [-0.2, -0.15) is 4.98 Å². The molecule has 1 aromatic heterocycles. The Bertz CT molecular complexity index is 633. The molecular weight excluding hydrogens is 255 g/mol. The van der Waals surface area contributed by atoms with Crippen LogP contribution in [0.4, 0.5) is 4.39 Å². The summed E-state index contributed by atoms with van der Waals surface area (Å²) >= 11 is 0. The van der Waals surface area contributed by atoms with E-state index in [1.54, 1.807) is 12.1 Å². The van der Waals surface area contributed by atoms with E-state index in [4.69, 9.17) is 4.52 Å². The lowest BCUT2D eigenvalue weighted by Crippen LogP contribution is -1.96. The zero-order valence-corrected chi connectivity index (χ0v) is 12.2. The Kier molecular flexibility index (Phi) is 2.92. The van der Waals surface area contributed by atoms with Crippen molar-refractivity contribution in [2.24, 2.45) is 17.3 Å². The number of rotatable bonds is 3. The van der Waals surface area contributed by atoms with Crippen molar-refractivity contribution in [3.05, 3.63) is 35.9 Å². The molecule has 20 heavy (non-hydrogen) atoms. The quantitative estimate of drug-likeness (QED) is 0.839. The van der Waals surface area contributed by atoms with Gasteiger partial charge in [0.25, 0.3) is 5.89 Å². The van der Waals surface area contributed by atoms with E-state index < -0.39 is 0 Å². The van der Waals surface area contributed by atoms with Crippen LogP contribution in [0.25, 0.3) is 11.5 Å². The molecule has 0 saturated heterocycles. The van der Waals surface area contributed by atoms with E-state index in [9.17, 15) is 4.39 Å². The molecule has 3 rings (SSSR count). The van der Waals surface area contributed by atoms with Gasteiger partial charge in [0.1, 0.15) is 5.82 Å². The third-order valence-electron chi connectivity index (χ3n) is 4.42. The Balaban J connectivity index is 1.89. The molecule has 1 unspecified atom stereocenters. The van der Waals surface area contributed by atoms with Crippen LogP contribution in [0.1, 0.15) is 39.4 Å². The first kappa shape index (κ1) is 13.3. The fourth-order valence-electron chi connectivity index (χ4n) is 3.51. The van der Waals surface area contributed by atoms with Gasteiger partial charge in [0, 0.05) is 11.5 Å². The highest BCUT2D eigenvalue weighted by Crippen LogP contribution is 2.66. The Hall–Kier alpha value is -1.71. The summed E-state index contributed by atoms with van der Waals surface area (Å²) in [4.78, 5) is 4.47. The minimum absolute atomic E-state index is 0.206. The van der Waals surface area contributed by atoms with Crippen molar-refractivity contribution in [3.63, 3.8) is 0 Å². The predicted molar refractivity (Wildman–Crippen MR) is 74.5 cm³/mol. The number of hydrogen-bond acceptors (Lipinski definition) is 3. The Morgan fingerprint density at radius 3 is 2.65 bits per heavy atom. The van der Waals surface area contributed by atoms with Crippen molar-refractivity contribution in [1.29, 1.82) is 0 Å². The van der Waals surface area contributed by atoms with Gasteiger partial charge in [0.2, 0.25) is 0 Å². The smallest absolute Gasteiger partial charge is 0.258 e. The molecule has 0 amide bonds. The molecule has 0 N–H and O–H groups in total. The van der Waals surface area contributed by atoms with Crippen LogP contribution in [-0.2, 0) is 0 Å². The van der Waals surface area contributed by atoms with E-state index in [0.717, 1.165) is 5.82 Å². The van der Waals surface area contributed by atoms with Gasteiger partial charge in [-0.3, -0.25) is 0 Å². The highest BCUT2D eigenvalue weighted by molar-refractivity contribution is 5.52. The molecule has 2 atom stereocenters. The van der Waals surface area contributed by atoms with Crippen molar-refractivity contribution in [2.45, 2.75) is 33.6 Å². The van der Waals surface area contributed by atoms with Crippen LogP contribution in [0, 0.1) is 23.1 Å². The van der Waals surface area contributed by atoms with E-state index in [1.807, 2.05) is 0 Å². The SMILES string of the molecule is CC(C)C1[C@@H](c2noc(-c3cccc(F)c3)n2)C1(C)C. The highest BCUT2D eigenvalue weighted by Gasteiger charge is 2.61. The molecule has 106 valence electrons. The van der Waals surface area contributed by atoms with Crippen molar-refractivity contribution in [1.82, 2.24) is 10.1 Å². The van der Waals surface area contributed by atoms with E-state index in [-0.39, 0.29) is 11.2 Å². The molecule has 1 aromatic carbocycles. The Morgan fingerprint density at radius 1 is 1.30 bits per heavy atom. The fourth-order valence-corrected chi connectivity index (χ4v) is 3.51. The number of aromatic nitrogens is 2. The summed E-state index contributed by atoms with van der Waals surface area (Å²) in [7, 11) is 0. The number of halogens is 1. The van der Waals surface area contributed by atoms with Crippen LogP contribution in [0.5, 0.6) is 0 Å². The van der Waals surface area contributed by atoms with Gasteiger partial charge in [-0.15, -0.1) is 0 Å². The molecule has 4 heteroatoms. The topological polar surface area (TPSA) is 38.9 Å². The third-order valence-corrected chi connectivity index (χ3v) is 4.42. The van der Waals surface area contributed by atoms with Gasteiger partial charge < -0.3 is 4.52 Å². The molecular formula is C16H19FN2O. The van der Waals surface area contributed by atoms with Crippen LogP contribution < -0.4 is 0 Å². The molecule has 1 saturated carbocycles. The minimum Gasteiger partial charge on any atom is -0.334 e. The van der Waals surface area contributed by atoms with Crippen LogP contribution in [0.2, 0.25) is 0 Å². The molecule has 1 aliphatic rings. The van der Waals surface area contributed by atoms with Crippen LogP contribution in [0.3, 0.4) is 0 Å². The highest BCUT2D eigenvalue weighted by atomic mass is 19.1. The second kappa shape index (κ2) is 4.40. The fraction of sp³-hybridized carbons (Fsp3) is 0.500. The van der Waals surface area contributed by atoms with E-state index in [1.165, 1.54) is 12.1 Å². The number of nitrogens with zero attached hydrogens (tertiary/aromatic N) is 2. The lowest BCUT2D eigenvalue weighted by atomic mass is 10.0. The maximum Gasteiger partial charge on any atom is 0.258 e. The normalized spacial score (nSPS) is 24.1. The molecule has 0 radical (unpaired) electrons. The predicted octanol–water partition coefficient (Wildman–Crippen LogP) is 4.27. The maximum atomic E-state index is 13.2. The van der Waals surface area contributed by atoms with Gasteiger partial charge in [0.15, 0.2) is 5.82 Å². The van der Waals surface area contributed by atoms with Crippen LogP contribution in [0.15, 0.2) is 28.8 Å². The second-order valence-electron chi connectivity index (χ2n) is 6.54. The largest absolute Gasteiger partial charge is 0.334 e. The second-order valence-corrected chi connectivity index (χ2v) is 6.54. The first-order valence-corrected chi connectivity index (χ1v) is 7.01. The summed E-state index contributed by atoms with van der Waals surface area (Å²) in [6.07, 6.45) is 0. The van der Waals surface area contributed by atoms with Crippen molar-refractivity contribution in [2.75, 3.05) is 0 Å². The van der Waals surface area contributed by atoms with Crippen molar-refractivity contribution < 1.29 is 8.91 Å². The zero-order valence-electron chi connectivity index (χ0n) is 12.2. The van der Waals surface area contributed by atoms with Crippen LogP contribution in [-0.4, -0.2) is 10.1 Å². The molecule has 0 spiro atoms. The average molecular weight is 274 g/mol. The molecule has 1 aliphatic carbocycles. The molecule has 2 aromatic rings. The molecule has 0 bridgehead atoms. The monoisotopic (exact) mass is 274 g/mol. The summed E-state index contributed by atoms with van der Waals surface area (Å²) in [5.74, 6) is 2.33. The van der Waals surface area contributed by atoms with Crippen molar-refractivity contribution in [3.8, 4) is 11.5 Å². The van der Waals surface area contributed by atoms with Crippen molar-refractivity contribution >= 4 is 0 Å². The van der Waals surface area contributed by atoms with Gasteiger partial charge in [-0.25, -0.2) is 4.39 Å². The first-order valence-electron chi connectivity index (χ1n) is 7.01. The average Bonchev–Trinajstić information content (AvgIpc) is 2.73. The Labute approximate surface area is 118 Å². The Morgan fingerprint density at radius 2 is 2.05 bits per heavy atom. The van der Waals surface area contributed by atoms with E-state index >= 15 is 0 Å². The molecule has 3 nitrogen and oxygen atoms in total. The van der Waals surface area contributed by atoms with Gasteiger partial charge >= 0.3 is 0 Å². The lowest BCUT2D eigenvalue weighted by Gasteiger charge is -2.04. The zero-order chi connectivity index (χ0) is 14.5. The maximum absolute atomic E-state index is 13.2. The number of benzene rings is 1. The summed E-state index contributed by atoms with van der Waals surface area (Å²) in [6, 6.07) is 6.24. The van der Waals surface area contributed by atoms with Crippen LogP contribution >= 0.6 is 0 Å². The van der Waals surface area contributed by atoms with E-state index in [0.29, 0.717) is 29.2 Å². The first-order chi connectivity index (χ1) is 9.41. The third kappa shape index (κ3) is 2.03. The summed E-state index contributed by atoms with van der Waals surface area (Å²) < 4.78 is 18.5. The van der Waals surface area contributed by atoms with E-state index in [2.05, 4.69) is 37.8 Å². The summed E-state index contributed by atoms with van der Waals surface area (Å²) in [5.41, 5.74) is 0.834. The minimum atomic E-state index is -0.297.